The molecule has 1 N–H and O–H groups in total. The third kappa shape index (κ3) is 2.62. The zero-order chi connectivity index (χ0) is 14.0. The van der Waals surface area contributed by atoms with Gasteiger partial charge in [0.05, 0.1) is 0 Å². The molecule has 2 heterocycles. The van der Waals surface area contributed by atoms with Gasteiger partial charge in [-0.15, -0.1) is 0 Å². The summed E-state index contributed by atoms with van der Waals surface area (Å²) in [5.74, 6) is -0.749. The Morgan fingerprint density at radius 3 is 2.84 bits per heavy atom. The molecule has 0 aliphatic carbocycles. The first-order valence-corrected chi connectivity index (χ1v) is 6.49. The third-order valence-electron chi connectivity index (χ3n) is 3.37. The lowest BCUT2D eigenvalue weighted by atomic mass is 10.0. The van der Waals surface area contributed by atoms with E-state index >= 15 is 0 Å². The topological polar surface area (TPSA) is 83.6 Å². The number of rotatable bonds is 3. The summed E-state index contributed by atoms with van der Waals surface area (Å²) in [5, 5.41) is 9.20. The first-order chi connectivity index (χ1) is 9.02. The molecule has 0 spiro atoms. The van der Waals surface area contributed by atoms with Gasteiger partial charge in [0, 0.05) is 12.5 Å². The van der Waals surface area contributed by atoms with Crippen molar-refractivity contribution < 1.29 is 19.1 Å². The summed E-state index contributed by atoms with van der Waals surface area (Å²) in [6.07, 6.45) is 3.39. The minimum Gasteiger partial charge on any atom is -0.480 e. The average molecular weight is 266 g/mol. The van der Waals surface area contributed by atoms with Crippen molar-refractivity contribution in [1.82, 2.24) is 9.88 Å². The number of carbonyl (C=O) groups excluding carboxylic acids is 1. The van der Waals surface area contributed by atoms with Crippen molar-refractivity contribution in [1.29, 1.82) is 0 Å². The van der Waals surface area contributed by atoms with Crippen molar-refractivity contribution in [2.24, 2.45) is 0 Å². The predicted molar refractivity (Wildman–Crippen MR) is 66.9 cm³/mol. The summed E-state index contributed by atoms with van der Waals surface area (Å²) in [5.41, 5.74) is 0.239. The van der Waals surface area contributed by atoms with Crippen LogP contribution < -0.4 is 0 Å². The van der Waals surface area contributed by atoms with Crippen molar-refractivity contribution >= 4 is 11.9 Å². The van der Waals surface area contributed by atoms with Gasteiger partial charge in [0.2, 0.25) is 0 Å². The van der Waals surface area contributed by atoms with E-state index in [1.807, 2.05) is 13.8 Å². The van der Waals surface area contributed by atoms with E-state index in [4.69, 9.17) is 4.42 Å². The molecule has 19 heavy (non-hydrogen) atoms. The van der Waals surface area contributed by atoms with Crippen LogP contribution in [0.2, 0.25) is 0 Å². The van der Waals surface area contributed by atoms with E-state index in [2.05, 4.69) is 4.98 Å². The van der Waals surface area contributed by atoms with Gasteiger partial charge in [-0.1, -0.05) is 13.8 Å². The molecule has 1 aromatic heterocycles. The monoisotopic (exact) mass is 266 g/mol. The van der Waals surface area contributed by atoms with E-state index in [1.165, 1.54) is 11.3 Å². The van der Waals surface area contributed by atoms with Gasteiger partial charge >= 0.3 is 5.97 Å². The van der Waals surface area contributed by atoms with Gasteiger partial charge in [0.25, 0.3) is 5.91 Å². The van der Waals surface area contributed by atoms with Crippen LogP contribution >= 0.6 is 0 Å². The number of piperidine rings is 1. The van der Waals surface area contributed by atoms with Crippen LogP contribution in [-0.2, 0) is 4.79 Å². The summed E-state index contributed by atoms with van der Waals surface area (Å²) in [7, 11) is 0. The molecule has 0 saturated carbocycles. The number of hydrogen-bond acceptors (Lipinski definition) is 4. The number of carbonyl (C=O) groups is 2. The van der Waals surface area contributed by atoms with Crippen molar-refractivity contribution in [3.8, 4) is 0 Å². The molecule has 2 rings (SSSR count). The molecule has 1 saturated heterocycles. The van der Waals surface area contributed by atoms with Gasteiger partial charge in [-0.3, -0.25) is 4.79 Å². The SMILES string of the molecule is CC(C)c1ocnc1C(=O)N1CCCCC1C(=O)O. The maximum absolute atomic E-state index is 12.4. The summed E-state index contributed by atoms with van der Waals surface area (Å²) >= 11 is 0. The highest BCUT2D eigenvalue weighted by molar-refractivity contribution is 5.96. The molecule has 6 heteroatoms. The first kappa shape index (κ1) is 13.6. The minimum absolute atomic E-state index is 0.0366. The lowest BCUT2D eigenvalue weighted by Gasteiger charge is -2.32. The van der Waals surface area contributed by atoms with Crippen molar-refractivity contribution in [2.75, 3.05) is 6.54 Å². The summed E-state index contributed by atoms with van der Waals surface area (Å²) in [6.45, 7) is 4.27. The number of aliphatic carboxylic acids is 1. The highest BCUT2D eigenvalue weighted by Crippen LogP contribution is 2.24. The van der Waals surface area contributed by atoms with E-state index < -0.39 is 12.0 Å². The van der Waals surface area contributed by atoms with Crippen LogP contribution in [0, 0.1) is 0 Å². The Hall–Kier alpha value is -1.85. The third-order valence-corrected chi connectivity index (χ3v) is 3.37. The number of carboxylic acids is 1. The fraction of sp³-hybridized carbons (Fsp3) is 0.615. The molecule has 1 aliphatic heterocycles. The normalized spacial score (nSPS) is 19.7. The molecular weight excluding hydrogens is 248 g/mol. The first-order valence-electron chi connectivity index (χ1n) is 6.49. The fourth-order valence-electron chi connectivity index (χ4n) is 2.39. The molecule has 6 nitrogen and oxygen atoms in total. The Labute approximate surface area is 111 Å². The maximum atomic E-state index is 12.4. The molecule has 0 bridgehead atoms. The predicted octanol–water partition coefficient (Wildman–Crippen LogP) is 1.88. The Balaban J connectivity index is 2.26. The lowest BCUT2D eigenvalue weighted by Crippen LogP contribution is -2.48. The van der Waals surface area contributed by atoms with Crippen LogP contribution in [0.4, 0.5) is 0 Å². The molecule has 1 unspecified atom stereocenters. The average Bonchev–Trinajstić information content (AvgIpc) is 2.87. The molecule has 0 aromatic carbocycles. The summed E-state index contributed by atoms with van der Waals surface area (Å²) in [4.78, 5) is 29.0. The zero-order valence-electron chi connectivity index (χ0n) is 11.1. The number of amides is 1. The number of nitrogens with zero attached hydrogens (tertiary/aromatic N) is 2. The maximum Gasteiger partial charge on any atom is 0.326 e. The van der Waals surface area contributed by atoms with Crippen molar-refractivity contribution in [3.63, 3.8) is 0 Å². The number of oxazole rings is 1. The van der Waals surface area contributed by atoms with Gasteiger partial charge < -0.3 is 14.4 Å². The molecule has 1 aromatic rings. The Kier molecular flexibility index (Phi) is 3.87. The number of carboxylic acid groups (broad SMARTS) is 1. The van der Waals surface area contributed by atoms with Crippen LogP contribution in [0.15, 0.2) is 10.8 Å². The number of hydrogen-bond donors (Lipinski definition) is 1. The van der Waals surface area contributed by atoms with Crippen LogP contribution in [-0.4, -0.2) is 39.5 Å². The molecule has 1 fully saturated rings. The van der Waals surface area contributed by atoms with Crippen LogP contribution in [0.5, 0.6) is 0 Å². The van der Waals surface area contributed by atoms with Crippen LogP contribution in [0.1, 0.15) is 55.3 Å². The van der Waals surface area contributed by atoms with Crippen LogP contribution in [0.3, 0.4) is 0 Å². The van der Waals surface area contributed by atoms with E-state index in [0.29, 0.717) is 18.7 Å². The summed E-state index contributed by atoms with van der Waals surface area (Å²) in [6, 6.07) is -0.752. The van der Waals surface area contributed by atoms with Gasteiger partial charge in [-0.25, -0.2) is 9.78 Å². The Morgan fingerprint density at radius 2 is 2.21 bits per heavy atom. The Morgan fingerprint density at radius 1 is 1.47 bits per heavy atom. The molecule has 1 amide bonds. The Bertz CT molecular complexity index is 481. The van der Waals surface area contributed by atoms with E-state index in [9.17, 15) is 14.7 Å². The van der Waals surface area contributed by atoms with Crippen molar-refractivity contribution in [2.45, 2.75) is 45.1 Å². The molecule has 0 radical (unpaired) electrons. The standard InChI is InChI=1S/C13H18N2O4/c1-8(2)11-10(14-7-19-11)12(16)15-6-4-3-5-9(15)13(17)18/h7-9H,3-6H2,1-2H3,(H,17,18). The zero-order valence-corrected chi connectivity index (χ0v) is 11.1. The lowest BCUT2D eigenvalue weighted by molar-refractivity contribution is -0.143. The number of likely N-dealkylation sites (tertiary alicyclic amines) is 1. The smallest absolute Gasteiger partial charge is 0.326 e. The second-order valence-corrected chi connectivity index (χ2v) is 5.07. The van der Waals surface area contributed by atoms with Gasteiger partial charge in [-0.2, -0.15) is 0 Å². The molecule has 1 atom stereocenters. The minimum atomic E-state index is -0.956. The molecule has 1 aliphatic rings. The molecule has 104 valence electrons. The van der Waals surface area contributed by atoms with E-state index in [1.54, 1.807) is 0 Å². The largest absolute Gasteiger partial charge is 0.480 e. The summed E-state index contributed by atoms with van der Waals surface area (Å²) < 4.78 is 5.23. The van der Waals surface area contributed by atoms with E-state index in [-0.39, 0.29) is 17.5 Å². The van der Waals surface area contributed by atoms with Gasteiger partial charge in [-0.05, 0) is 19.3 Å². The van der Waals surface area contributed by atoms with Crippen molar-refractivity contribution in [3.05, 3.63) is 17.8 Å². The highest BCUT2D eigenvalue weighted by atomic mass is 16.4. The highest BCUT2D eigenvalue weighted by Gasteiger charge is 2.35. The second-order valence-electron chi connectivity index (χ2n) is 5.07. The number of aromatic nitrogens is 1. The fourth-order valence-corrected chi connectivity index (χ4v) is 2.39. The van der Waals surface area contributed by atoms with E-state index in [0.717, 1.165) is 12.8 Å². The van der Waals surface area contributed by atoms with Crippen LogP contribution in [0.25, 0.3) is 0 Å². The molecular formula is C13H18N2O4. The second kappa shape index (κ2) is 5.42. The van der Waals surface area contributed by atoms with Gasteiger partial charge in [0.1, 0.15) is 11.8 Å². The van der Waals surface area contributed by atoms with Gasteiger partial charge in [0.15, 0.2) is 12.1 Å². The quantitative estimate of drug-likeness (QED) is 0.903.